The molecule has 17 heavy (non-hydrogen) atoms. The first-order chi connectivity index (χ1) is 8.05. The van der Waals surface area contributed by atoms with Crippen molar-refractivity contribution in [3.8, 4) is 0 Å². The van der Waals surface area contributed by atoms with E-state index in [1.54, 1.807) is 0 Å². The molecular formula is C10H10ClNO5. The first kappa shape index (κ1) is 11.9. The van der Waals surface area contributed by atoms with Crippen LogP contribution in [0.2, 0.25) is 5.22 Å². The number of ether oxygens (including phenoxy) is 1. The topological polar surface area (TPSA) is 88.8 Å². The van der Waals surface area contributed by atoms with Gasteiger partial charge in [0, 0.05) is 13.0 Å². The van der Waals surface area contributed by atoms with Crippen LogP contribution in [0.3, 0.4) is 0 Å². The Balaban J connectivity index is 2.17. The number of hydrogen-bond donors (Lipinski definition) is 2. The van der Waals surface area contributed by atoms with Gasteiger partial charge in [-0.3, -0.25) is 4.79 Å². The van der Waals surface area contributed by atoms with Gasteiger partial charge in [0.2, 0.25) is 5.22 Å². The smallest absolute Gasteiger partial charge is 0.331 e. The second-order valence-corrected chi connectivity index (χ2v) is 4.10. The minimum atomic E-state index is -1.38. The van der Waals surface area contributed by atoms with E-state index in [4.69, 9.17) is 25.9 Å². The van der Waals surface area contributed by atoms with Gasteiger partial charge in [-0.25, -0.2) is 4.79 Å². The monoisotopic (exact) mass is 259 g/mol. The Morgan fingerprint density at radius 2 is 2.29 bits per heavy atom. The zero-order chi connectivity index (χ0) is 12.5. The highest BCUT2D eigenvalue weighted by molar-refractivity contribution is 6.32. The molecule has 0 aliphatic carbocycles. The SMILES string of the molecule is O=C(NC1(C(=O)O)CCOC1)c1ccoc1Cl. The molecule has 1 aliphatic rings. The zero-order valence-corrected chi connectivity index (χ0v) is 9.49. The van der Waals surface area contributed by atoms with Gasteiger partial charge in [0.15, 0.2) is 5.54 Å². The van der Waals surface area contributed by atoms with Gasteiger partial charge < -0.3 is 19.6 Å². The van der Waals surface area contributed by atoms with Crippen LogP contribution in [0.1, 0.15) is 16.8 Å². The van der Waals surface area contributed by atoms with Crippen molar-refractivity contribution in [2.75, 3.05) is 13.2 Å². The molecule has 1 atom stereocenters. The fraction of sp³-hybridized carbons (Fsp3) is 0.400. The number of carbonyl (C=O) groups is 2. The Morgan fingerprint density at radius 1 is 1.53 bits per heavy atom. The average molecular weight is 260 g/mol. The second kappa shape index (κ2) is 4.38. The van der Waals surface area contributed by atoms with E-state index in [2.05, 4.69) is 5.32 Å². The van der Waals surface area contributed by atoms with Gasteiger partial charge in [0.1, 0.15) is 0 Å². The van der Waals surface area contributed by atoms with E-state index in [0.29, 0.717) is 6.61 Å². The normalized spacial score (nSPS) is 23.6. The first-order valence-electron chi connectivity index (χ1n) is 4.92. The van der Waals surface area contributed by atoms with Crippen LogP contribution in [-0.2, 0) is 9.53 Å². The van der Waals surface area contributed by atoms with Crippen LogP contribution < -0.4 is 5.32 Å². The molecule has 1 aliphatic heterocycles. The maximum atomic E-state index is 11.8. The average Bonchev–Trinajstić information content (AvgIpc) is 2.87. The Hall–Kier alpha value is -1.53. The minimum absolute atomic E-state index is 0.0520. The van der Waals surface area contributed by atoms with Crippen LogP contribution in [0.15, 0.2) is 16.7 Å². The van der Waals surface area contributed by atoms with E-state index < -0.39 is 17.4 Å². The summed E-state index contributed by atoms with van der Waals surface area (Å²) in [6, 6.07) is 1.38. The highest BCUT2D eigenvalue weighted by Crippen LogP contribution is 2.22. The molecule has 6 nitrogen and oxygen atoms in total. The lowest BCUT2D eigenvalue weighted by Gasteiger charge is -2.23. The van der Waals surface area contributed by atoms with E-state index in [9.17, 15) is 9.59 Å². The van der Waals surface area contributed by atoms with Gasteiger partial charge in [0.25, 0.3) is 5.91 Å². The highest BCUT2D eigenvalue weighted by Gasteiger charge is 2.44. The first-order valence-corrected chi connectivity index (χ1v) is 5.30. The van der Waals surface area contributed by atoms with Crippen molar-refractivity contribution < 1.29 is 23.8 Å². The maximum absolute atomic E-state index is 11.8. The quantitative estimate of drug-likeness (QED) is 0.842. The number of halogens is 1. The van der Waals surface area contributed by atoms with Crippen LogP contribution in [0.4, 0.5) is 0 Å². The van der Waals surface area contributed by atoms with Gasteiger partial charge in [-0.05, 0) is 17.7 Å². The molecule has 2 rings (SSSR count). The summed E-state index contributed by atoms with van der Waals surface area (Å²) in [4.78, 5) is 23.0. The number of amides is 1. The van der Waals surface area contributed by atoms with Crippen LogP contribution in [0, 0.1) is 0 Å². The summed E-state index contributed by atoms with van der Waals surface area (Å²) < 4.78 is 9.79. The van der Waals surface area contributed by atoms with Crippen molar-refractivity contribution in [1.82, 2.24) is 5.32 Å². The molecule has 2 heterocycles. The summed E-state index contributed by atoms with van der Waals surface area (Å²) >= 11 is 5.64. The fourth-order valence-electron chi connectivity index (χ4n) is 1.63. The number of aliphatic carboxylic acids is 1. The summed E-state index contributed by atoms with van der Waals surface area (Å²) in [6.45, 7) is 0.245. The third-order valence-corrected chi connectivity index (χ3v) is 2.94. The van der Waals surface area contributed by atoms with E-state index >= 15 is 0 Å². The number of rotatable bonds is 3. The summed E-state index contributed by atoms with van der Waals surface area (Å²) in [7, 11) is 0. The Labute approximate surface area is 101 Å². The van der Waals surface area contributed by atoms with Crippen LogP contribution >= 0.6 is 11.6 Å². The molecule has 0 spiro atoms. The molecule has 7 heteroatoms. The molecule has 0 aromatic carbocycles. The van der Waals surface area contributed by atoms with E-state index in [0.717, 1.165) is 0 Å². The van der Waals surface area contributed by atoms with E-state index in [-0.39, 0.29) is 23.8 Å². The molecule has 1 saturated heterocycles. The number of carboxylic acid groups (broad SMARTS) is 1. The Bertz CT molecular complexity index is 449. The zero-order valence-electron chi connectivity index (χ0n) is 8.73. The minimum Gasteiger partial charge on any atom is -0.479 e. The van der Waals surface area contributed by atoms with Crippen LogP contribution in [-0.4, -0.2) is 35.7 Å². The predicted molar refractivity (Wildman–Crippen MR) is 57.0 cm³/mol. The van der Waals surface area contributed by atoms with E-state index in [1.165, 1.54) is 12.3 Å². The highest BCUT2D eigenvalue weighted by atomic mass is 35.5. The summed E-state index contributed by atoms with van der Waals surface area (Å²) in [6.07, 6.45) is 1.49. The number of furan rings is 1. The standard InChI is InChI=1S/C10H10ClNO5/c11-7-6(1-3-17-7)8(13)12-10(9(14)15)2-4-16-5-10/h1,3H,2,4-5H2,(H,12,13)(H,14,15). The fourth-order valence-corrected chi connectivity index (χ4v) is 1.83. The number of hydrogen-bond acceptors (Lipinski definition) is 4. The van der Waals surface area contributed by atoms with Gasteiger partial charge >= 0.3 is 5.97 Å². The third-order valence-electron chi connectivity index (χ3n) is 2.65. The molecule has 0 saturated carbocycles. The Kier molecular flexibility index (Phi) is 3.08. The predicted octanol–water partition coefficient (Wildman–Crippen LogP) is 0.906. The van der Waals surface area contributed by atoms with Crippen molar-refractivity contribution in [3.05, 3.63) is 23.1 Å². The summed E-state index contributed by atoms with van der Waals surface area (Å²) in [5, 5.41) is 11.5. The molecule has 1 amide bonds. The second-order valence-electron chi connectivity index (χ2n) is 3.75. The third kappa shape index (κ3) is 2.13. The lowest BCUT2D eigenvalue weighted by Crippen LogP contribution is -2.55. The van der Waals surface area contributed by atoms with Crippen molar-refractivity contribution >= 4 is 23.5 Å². The lowest BCUT2D eigenvalue weighted by atomic mass is 9.98. The maximum Gasteiger partial charge on any atom is 0.331 e. The molecule has 0 bridgehead atoms. The number of carbonyl (C=O) groups excluding carboxylic acids is 1. The summed E-state index contributed by atoms with van der Waals surface area (Å²) in [5.41, 5.74) is -1.27. The molecule has 1 fully saturated rings. The largest absolute Gasteiger partial charge is 0.479 e. The van der Waals surface area contributed by atoms with Gasteiger partial charge in [-0.15, -0.1) is 0 Å². The molecule has 1 aromatic heterocycles. The molecule has 2 N–H and O–H groups in total. The number of carboxylic acids is 1. The van der Waals surface area contributed by atoms with Crippen molar-refractivity contribution in [2.45, 2.75) is 12.0 Å². The van der Waals surface area contributed by atoms with Crippen molar-refractivity contribution in [3.63, 3.8) is 0 Å². The number of nitrogens with one attached hydrogen (secondary N) is 1. The van der Waals surface area contributed by atoms with E-state index in [1.807, 2.05) is 0 Å². The molecule has 92 valence electrons. The van der Waals surface area contributed by atoms with Crippen LogP contribution in [0.5, 0.6) is 0 Å². The lowest BCUT2D eigenvalue weighted by molar-refractivity contribution is -0.144. The molecular weight excluding hydrogens is 250 g/mol. The molecule has 0 radical (unpaired) electrons. The van der Waals surface area contributed by atoms with Crippen molar-refractivity contribution in [1.29, 1.82) is 0 Å². The van der Waals surface area contributed by atoms with Gasteiger partial charge in [0.05, 0.1) is 18.4 Å². The van der Waals surface area contributed by atoms with Gasteiger partial charge in [-0.1, -0.05) is 0 Å². The molecule has 1 aromatic rings. The summed E-state index contributed by atoms with van der Waals surface area (Å²) in [5.74, 6) is -1.71. The van der Waals surface area contributed by atoms with Crippen molar-refractivity contribution in [2.24, 2.45) is 0 Å². The Morgan fingerprint density at radius 3 is 2.76 bits per heavy atom. The molecule has 1 unspecified atom stereocenters. The van der Waals surface area contributed by atoms with Gasteiger partial charge in [-0.2, -0.15) is 0 Å². The van der Waals surface area contributed by atoms with Crippen LogP contribution in [0.25, 0.3) is 0 Å².